The van der Waals surface area contributed by atoms with Gasteiger partial charge in [0.1, 0.15) is 32.8 Å². The topological polar surface area (TPSA) is 223 Å². The second-order valence-corrected chi connectivity index (χ2v) is 7.94. The Balaban J connectivity index is 0.00000193. The normalized spacial score (nSPS) is 11.0. The number of azo groups is 1. The maximum Gasteiger partial charge on any atom is 0.339 e. The van der Waals surface area contributed by atoms with E-state index in [0.29, 0.717) is 10.8 Å². The standard InChI is InChI=1S/C21H14N2O7S.2H2O.Ti/c24-16-10-17(31(28,29)30)13-7-3-4-8-14(13)18(16)22-23-19-12-6-2-1-5-11(12)9-15(20(19)25)21(26)27;;;/h1-10,24-25H,(H,26,27)(H,28,29,30);2*1H2;/p-1. The Kier molecular flexibility index (Phi) is 9.01. The van der Waals surface area contributed by atoms with Gasteiger partial charge in [0.25, 0.3) is 0 Å². The fourth-order valence-corrected chi connectivity index (χ4v) is 4.01. The van der Waals surface area contributed by atoms with Gasteiger partial charge in [-0.1, -0.05) is 48.5 Å². The number of nitrogens with zero attached hydrogens (tertiary/aromatic N) is 2. The Labute approximate surface area is 207 Å². The maximum atomic E-state index is 11.6. The van der Waals surface area contributed by atoms with Crippen LogP contribution in [-0.4, -0.2) is 45.2 Å². The van der Waals surface area contributed by atoms with Crippen molar-refractivity contribution in [1.29, 1.82) is 0 Å². The SMILES string of the molecule is O.O.O=C(O)c1cc2ccccc2c(N=Nc2c(O)cc(S(=O)(=O)[O-])c3ccccc23)c1O.[Ti]. The summed E-state index contributed by atoms with van der Waals surface area (Å²) in [6, 6.07) is 14.6. The van der Waals surface area contributed by atoms with Crippen LogP contribution >= 0.6 is 0 Å². The summed E-state index contributed by atoms with van der Waals surface area (Å²) in [6.07, 6.45) is 0. The molecule has 0 radical (unpaired) electrons. The molecule has 34 heavy (non-hydrogen) atoms. The van der Waals surface area contributed by atoms with Crippen molar-refractivity contribution < 1.29 is 65.8 Å². The van der Waals surface area contributed by atoms with Crippen LogP contribution in [0.1, 0.15) is 10.4 Å². The molecule has 4 aromatic rings. The number of carboxylic acid groups (broad SMARTS) is 1. The summed E-state index contributed by atoms with van der Waals surface area (Å²) in [6.45, 7) is 0. The van der Waals surface area contributed by atoms with Crippen LogP contribution in [0.15, 0.2) is 75.8 Å². The maximum absolute atomic E-state index is 11.6. The molecule has 13 heteroatoms. The van der Waals surface area contributed by atoms with E-state index in [1.54, 1.807) is 30.3 Å². The third kappa shape index (κ3) is 5.07. The van der Waals surface area contributed by atoms with Gasteiger partial charge >= 0.3 is 5.97 Å². The summed E-state index contributed by atoms with van der Waals surface area (Å²) in [5.41, 5.74) is -0.666. The van der Waals surface area contributed by atoms with Gasteiger partial charge in [-0.3, -0.25) is 0 Å². The molecule has 0 fully saturated rings. The van der Waals surface area contributed by atoms with Crippen molar-refractivity contribution in [3.05, 3.63) is 66.2 Å². The number of fused-ring (bicyclic) bond motifs is 2. The third-order valence-corrected chi connectivity index (χ3v) is 5.58. The minimum absolute atomic E-state index is 0. The number of hydrogen-bond acceptors (Lipinski definition) is 8. The minimum Gasteiger partial charge on any atom is -0.744 e. The number of phenols is 2. The number of carboxylic acids is 1. The molecule has 0 bridgehead atoms. The summed E-state index contributed by atoms with van der Waals surface area (Å²) in [7, 11) is -4.87. The Hall–Kier alpha value is -3.39. The Morgan fingerprint density at radius 3 is 1.94 bits per heavy atom. The molecule has 0 spiro atoms. The number of phenolic OH excluding ortho intramolecular Hbond substituents is 1. The first-order valence-electron chi connectivity index (χ1n) is 8.79. The zero-order valence-corrected chi connectivity index (χ0v) is 19.4. The molecule has 0 heterocycles. The average molecular weight is 521 g/mol. The molecule has 0 saturated carbocycles. The summed E-state index contributed by atoms with van der Waals surface area (Å²) >= 11 is 0. The minimum atomic E-state index is -4.87. The summed E-state index contributed by atoms with van der Waals surface area (Å²) < 4.78 is 34.7. The fourth-order valence-electron chi connectivity index (χ4n) is 3.31. The van der Waals surface area contributed by atoms with Gasteiger partial charge in [-0.15, -0.1) is 10.2 Å². The molecule has 0 aromatic heterocycles. The van der Waals surface area contributed by atoms with Crippen LogP contribution in [-0.2, 0) is 31.8 Å². The van der Waals surface area contributed by atoms with E-state index in [1.165, 1.54) is 24.3 Å². The second-order valence-electron chi connectivity index (χ2n) is 6.59. The molecule has 11 nitrogen and oxygen atoms in total. The molecule has 4 aromatic carbocycles. The molecule has 0 saturated heterocycles. The smallest absolute Gasteiger partial charge is 0.339 e. The molecule has 0 unspecified atom stereocenters. The van der Waals surface area contributed by atoms with E-state index in [9.17, 15) is 33.1 Å². The number of benzene rings is 4. The van der Waals surface area contributed by atoms with Crippen LogP contribution in [0.2, 0.25) is 0 Å². The summed E-state index contributed by atoms with van der Waals surface area (Å²) in [5.74, 6) is -2.59. The van der Waals surface area contributed by atoms with E-state index < -0.39 is 32.5 Å². The van der Waals surface area contributed by atoms with Gasteiger partial charge in [0, 0.05) is 43.9 Å². The van der Waals surface area contributed by atoms with E-state index >= 15 is 0 Å². The Morgan fingerprint density at radius 1 is 0.824 bits per heavy atom. The van der Waals surface area contributed by atoms with Crippen molar-refractivity contribution in [1.82, 2.24) is 0 Å². The van der Waals surface area contributed by atoms with Crippen molar-refractivity contribution in [3.63, 3.8) is 0 Å². The zero-order chi connectivity index (χ0) is 22.3. The quantitative estimate of drug-likeness (QED) is 0.207. The predicted molar refractivity (Wildman–Crippen MR) is 118 cm³/mol. The number of hydrogen-bond donors (Lipinski definition) is 3. The van der Waals surface area contributed by atoms with Crippen LogP contribution < -0.4 is 0 Å². The molecule has 4 rings (SSSR count). The Bertz CT molecular complexity index is 1520. The number of carbonyl (C=O) groups is 1. The second kappa shape index (κ2) is 10.7. The summed E-state index contributed by atoms with van der Waals surface area (Å²) in [4.78, 5) is 10.9. The molecular formula is C21H17N2O9STi-. The van der Waals surface area contributed by atoms with Crippen molar-refractivity contribution in [2.24, 2.45) is 10.2 Å². The Morgan fingerprint density at radius 2 is 1.35 bits per heavy atom. The van der Waals surface area contributed by atoms with E-state index in [2.05, 4.69) is 10.2 Å². The number of rotatable bonds is 4. The molecule has 0 aliphatic carbocycles. The van der Waals surface area contributed by atoms with Crippen LogP contribution in [0.5, 0.6) is 11.5 Å². The molecule has 0 aliphatic rings. The molecule has 176 valence electrons. The van der Waals surface area contributed by atoms with Gasteiger partial charge in [-0.05, 0) is 11.5 Å². The first-order valence-corrected chi connectivity index (χ1v) is 10.2. The molecule has 0 atom stereocenters. The molecule has 0 amide bonds. The van der Waals surface area contributed by atoms with Crippen molar-refractivity contribution >= 4 is 49.0 Å². The van der Waals surface area contributed by atoms with Gasteiger partial charge in [-0.25, -0.2) is 13.2 Å². The van der Waals surface area contributed by atoms with E-state index in [0.717, 1.165) is 6.07 Å². The first kappa shape index (κ1) is 28.6. The predicted octanol–water partition coefficient (Wildman–Crippen LogP) is 2.77. The monoisotopic (exact) mass is 521 g/mol. The van der Waals surface area contributed by atoms with Crippen molar-refractivity contribution in [2.75, 3.05) is 0 Å². The molecule has 0 aliphatic heterocycles. The van der Waals surface area contributed by atoms with Gasteiger partial charge in [-0.2, -0.15) is 0 Å². The van der Waals surface area contributed by atoms with Crippen LogP contribution in [0, 0.1) is 0 Å². The summed E-state index contributed by atoms with van der Waals surface area (Å²) in [5, 5.41) is 39.2. The molecule has 7 N–H and O–H groups in total. The van der Waals surface area contributed by atoms with Gasteiger partial charge in [0.2, 0.25) is 0 Å². The largest absolute Gasteiger partial charge is 0.744 e. The fraction of sp³-hybridized carbons (Fsp3) is 0. The van der Waals surface area contributed by atoms with Gasteiger partial charge in [0.05, 0.1) is 4.90 Å². The van der Waals surface area contributed by atoms with Crippen LogP contribution in [0.25, 0.3) is 21.5 Å². The number of aromatic carboxylic acids is 1. The van der Waals surface area contributed by atoms with Gasteiger partial charge in [0.15, 0.2) is 5.75 Å². The van der Waals surface area contributed by atoms with Crippen LogP contribution in [0.3, 0.4) is 0 Å². The van der Waals surface area contributed by atoms with Gasteiger partial charge < -0.3 is 30.8 Å². The van der Waals surface area contributed by atoms with E-state index in [1.807, 2.05) is 0 Å². The van der Waals surface area contributed by atoms with E-state index in [-0.39, 0.29) is 60.4 Å². The molecular weight excluding hydrogens is 504 g/mol. The van der Waals surface area contributed by atoms with Crippen LogP contribution in [0.4, 0.5) is 11.4 Å². The van der Waals surface area contributed by atoms with E-state index in [4.69, 9.17) is 0 Å². The third-order valence-electron chi connectivity index (χ3n) is 4.70. The van der Waals surface area contributed by atoms with Crippen molar-refractivity contribution in [2.45, 2.75) is 4.90 Å². The average Bonchev–Trinajstić information content (AvgIpc) is 2.72. The number of aromatic hydroxyl groups is 2. The van der Waals surface area contributed by atoms with Crippen molar-refractivity contribution in [3.8, 4) is 11.5 Å². The zero-order valence-electron chi connectivity index (χ0n) is 17.1. The first-order chi connectivity index (χ1) is 14.7.